The van der Waals surface area contributed by atoms with Gasteiger partial charge in [0.25, 0.3) is 0 Å². The molecular weight excluding hydrogens is 298 g/mol. The van der Waals surface area contributed by atoms with E-state index in [0.717, 1.165) is 23.4 Å². The van der Waals surface area contributed by atoms with Gasteiger partial charge in [-0.15, -0.1) is 11.8 Å². The van der Waals surface area contributed by atoms with Crippen molar-refractivity contribution in [2.75, 3.05) is 24.8 Å². The van der Waals surface area contributed by atoms with Crippen molar-refractivity contribution >= 4 is 29.3 Å². The SMILES string of the molecule is CCCC1CC(=O)N(CC(=O)Nc2ccccc2SC)CN1. The molecule has 22 heavy (non-hydrogen) atoms. The van der Waals surface area contributed by atoms with Crippen molar-refractivity contribution in [3.63, 3.8) is 0 Å². The minimum Gasteiger partial charge on any atom is -0.324 e. The zero-order valence-corrected chi connectivity index (χ0v) is 13.9. The number of benzene rings is 1. The van der Waals surface area contributed by atoms with E-state index >= 15 is 0 Å². The number of nitrogens with zero attached hydrogens (tertiary/aromatic N) is 1. The van der Waals surface area contributed by atoms with Gasteiger partial charge in [0.05, 0.1) is 12.4 Å². The van der Waals surface area contributed by atoms with Crippen molar-refractivity contribution in [3.05, 3.63) is 24.3 Å². The van der Waals surface area contributed by atoms with E-state index in [-0.39, 0.29) is 24.4 Å². The molecule has 5 nitrogen and oxygen atoms in total. The monoisotopic (exact) mass is 321 g/mol. The smallest absolute Gasteiger partial charge is 0.244 e. The van der Waals surface area contributed by atoms with Crippen molar-refractivity contribution in [3.8, 4) is 0 Å². The van der Waals surface area contributed by atoms with Crippen molar-refractivity contribution in [1.82, 2.24) is 10.2 Å². The highest BCUT2D eigenvalue weighted by molar-refractivity contribution is 7.98. The molecule has 1 unspecified atom stereocenters. The maximum atomic E-state index is 12.2. The molecule has 1 saturated heterocycles. The van der Waals surface area contributed by atoms with Crippen LogP contribution in [0.1, 0.15) is 26.2 Å². The molecule has 0 bridgehead atoms. The summed E-state index contributed by atoms with van der Waals surface area (Å²) in [5.41, 5.74) is 0.793. The summed E-state index contributed by atoms with van der Waals surface area (Å²) < 4.78 is 0. The summed E-state index contributed by atoms with van der Waals surface area (Å²) in [5.74, 6) is -0.115. The Kier molecular flexibility index (Phi) is 6.27. The van der Waals surface area contributed by atoms with Crippen LogP contribution in [-0.2, 0) is 9.59 Å². The van der Waals surface area contributed by atoms with Gasteiger partial charge in [0, 0.05) is 17.4 Å². The van der Waals surface area contributed by atoms with Crippen molar-refractivity contribution < 1.29 is 9.59 Å². The van der Waals surface area contributed by atoms with Crippen LogP contribution >= 0.6 is 11.8 Å². The molecule has 1 fully saturated rings. The molecule has 0 aromatic heterocycles. The molecule has 1 heterocycles. The first kappa shape index (κ1) is 16.8. The van der Waals surface area contributed by atoms with Crippen LogP contribution in [-0.4, -0.2) is 42.2 Å². The largest absolute Gasteiger partial charge is 0.324 e. The molecule has 1 aromatic rings. The highest BCUT2D eigenvalue weighted by atomic mass is 32.2. The Bertz CT molecular complexity index is 536. The average molecular weight is 321 g/mol. The van der Waals surface area contributed by atoms with E-state index in [1.165, 1.54) is 0 Å². The van der Waals surface area contributed by atoms with Crippen molar-refractivity contribution in [1.29, 1.82) is 0 Å². The molecular formula is C16H23N3O2S. The highest BCUT2D eigenvalue weighted by Crippen LogP contribution is 2.24. The number of hydrogen-bond acceptors (Lipinski definition) is 4. The van der Waals surface area contributed by atoms with Gasteiger partial charge in [-0.1, -0.05) is 25.5 Å². The summed E-state index contributed by atoms with van der Waals surface area (Å²) >= 11 is 1.58. The Balaban J connectivity index is 1.88. The van der Waals surface area contributed by atoms with Crippen LogP contribution < -0.4 is 10.6 Å². The molecule has 1 aliphatic heterocycles. The fourth-order valence-corrected chi connectivity index (χ4v) is 3.10. The van der Waals surface area contributed by atoms with Crippen LogP contribution in [0.5, 0.6) is 0 Å². The molecule has 2 amide bonds. The fourth-order valence-electron chi connectivity index (χ4n) is 2.55. The van der Waals surface area contributed by atoms with Gasteiger partial charge in [0.2, 0.25) is 11.8 Å². The second-order valence-electron chi connectivity index (χ2n) is 5.39. The maximum Gasteiger partial charge on any atom is 0.244 e. The van der Waals surface area contributed by atoms with Gasteiger partial charge in [0.1, 0.15) is 6.54 Å². The van der Waals surface area contributed by atoms with E-state index in [9.17, 15) is 9.59 Å². The Labute approximate surface area is 135 Å². The molecule has 0 radical (unpaired) electrons. The van der Waals surface area contributed by atoms with E-state index in [0.29, 0.717) is 13.1 Å². The Morgan fingerprint density at radius 3 is 2.91 bits per heavy atom. The van der Waals surface area contributed by atoms with Gasteiger partial charge >= 0.3 is 0 Å². The minimum atomic E-state index is -0.161. The first-order valence-electron chi connectivity index (χ1n) is 7.58. The summed E-state index contributed by atoms with van der Waals surface area (Å²) in [6.07, 6.45) is 4.49. The van der Waals surface area contributed by atoms with Gasteiger partial charge in [-0.2, -0.15) is 0 Å². The van der Waals surface area contributed by atoms with E-state index < -0.39 is 0 Å². The lowest BCUT2D eigenvalue weighted by atomic mass is 10.1. The molecule has 120 valence electrons. The second-order valence-corrected chi connectivity index (χ2v) is 6.24. The lowest BCUT2D eigenvalue weighted by Crippen LogP contribution is -2.52. The number of thioether (sulfide) groups is 1. The van der Waals surface area contributed by atoms with Crippen molar-refractivity contribution in [2.24, 2.45) is 0 Å². The van der Waals surface area contributed by atoms with E-state index in [1.54, 1.807) is 16.7 Å². The Hall–Kier alpha value is -1.53. The van der Waals surface area contributed by atoms with Crippen molar-refractivity contribution in [2.45, 2.75) is 37.1 Å². The van der Waals surface area contributed by atoms with Crippen LogP contribution in [0.25, 0.3) is 0 Å². The molecule has 0 aliphatic carbocycles. The average Bonchev–Trinajstić information content (AvgIpc) is 2.51. The lowest BCUT2D eigenvalue weighted by molar-refractivity contribution is -0.138. The molecule has 0 saturated carbocycles. The highest BCUT2D eigenvalue weighted by Gasteiger charge is 2.26. The third kappa shape index (κ3) is 4.48. The molecule has 1 aliphatic rings. The maximum absolute atomic E-state index is 12.2. The molecule has 1 aromatic carbocycles. The molecule has 1 atom stereocenters. The molecule has 2 rings (SSSR count). The van der Waals surface area contributed by atoms with Gasteiger partial charge in [-0.3, -0.25) is 14.9 Å². The normalized spacial score (nSPS) is 18.4. The summed E-state index contributed by atoms with van der Waals surface area (Å²) in [6.45, 7) is 2.64. The predicted octanol–water partition coefficient (Wildman–Crippen LogP) is 2.30. The summed E-state index contributed by atoms with van der Waals surface area (Å²) in [4.78, 5) is 26.8. The topological polar surface area (TPSA) is 61.4 Å². The quantitative estimate of drug-likeness (QED) is 0.789. The van der Waals surface area contributed by atoms with E-state index in [2.05, 4.69) is 17.6 Å². The number of rotatable bonds is 6. The fraction of sp³-hybridized carbons (Fsp3) is 0.500. The number of carbonyl (C=O) groups is 2. The van der Waals surface area contributed by atoms with Gasteiger partial charge in [-0.25, -0.2) is 0 Å². The van der Waals surface area contributed by atoms with E-state index in [1.807, 2.05) is 30.5 Å². The summed E-state index contributed by atoms with van der Waals surface area (Å²) in [7, 11) is 0. The Morgan fingerprint density at radius 2 is 2.23 bits per heavy atom. The number of anilines is 1. The standard InChI is InChI=1S/C16H23N3O2S/c1-3-6-12-9-16(21)19(11-17-12)10-15(20)18-13-7-4-5-8-14(13)22-2/h4-5,7-8,12,17H,3,6,9-11H2,1-2H3,(H,18,20). The first-order chi connectivity index (χ1) is 10.6. The predicted molar refractivity (Wildman–Crippen MR) is 89.9 cm³/mol. The van der Waals surface area contributed by atoms with Crippen LogP contribution in [0.15, 0.2) is 29.2 Å². The van der Waals surface area contributed by atoms with E-state index in [4.69, 9.17) is 0 Å². The number of amides is 2. The Morgan fingerprint density at radius 1 is 1.45 bits per heavy atom. The molecule has 0 spiro atoms. The van der Waals surface area contributed by atoms with Crippen LogP contribution in [0.3, 0.4) is 0 Å². The zero-order chi connectivity index (χ0) is 15.9. The zero-order valence-electron chi connectivity index (χ0n) is 13.1. The van der Waals surface area contributed by atoms with Crippen LogP contribution in [0.4, 0.5) is 5.69 Å². The number of hydrogen-bond donors (Lipinski definition) is 2. The van der Waals surface area contributed by atoms with Crippen LogP contribution in [0, 0.1) is 0 Å². The first-order valence-corrected chi connectivity index (χ1v) is 8.80. The van der Waals surface area contributed by atoms with Gasteiger partial charge in [0.15, 0.2) is 0 Å². The molecule has 2 N–H and O–H groups in total. The third-order valence-electron chi connectivity index (χ3n) is 3.70. The van der Waals surface area contributed by atoms with Gasteiger partial charge < -0.3 is 10.2 Å². The van der Waals surface area contributed by atoms with Gasteiger partial charge in [-0.05, 0) is 24.8 Å². The number of nitrogens with one attached hydrogen (secondary N) is 2. The molecule has 6 heteroatoms. The third-order valence-corrected chi connectivity index (χ3v) is 4.49. The summed E-state index contributed by atoms with van der Waals surface area (Å²) in [5, 5.41) is 6.20. The lowest BCUT2D eigenvalue weighted by Gasteiger charge is -2.32. The minimum absolute atomic E-state index is 0.0468. The summed E-state index contributed by atoms with van der Waals surface area (Å²) in [6, 6.07) is 7.90. The number of carbonyl (C=O) groups excluding carboxylic acids is 2. The number of para-hydroxylation sites is 1. The van der Waals surface area contributed by atoms with Crippen LogP contribution in [0.2, 0.25) is 0 Å². The second kappa shape index (κ2) is 8.19.